The molecule has 0 saturated carbocycles. The first kappa shape index (κ1) is 16.0. The topological polar surface area (TPSA) is 108 Å². The van der Waals surface area contributed by atoms with Crippen LogP contribution in [0.2, 0.25) is 0 Å². The molecule has 2 heterocycles. The van der Waals surface area contributed by atoms with Gasteiger partial charge in [0.1, 0.15) is 23.3 Å². The summed E-state index contributed by atoms with van der Waals surface area (Å²) < 4.78 is 7.14. The highest BCUT2D eigenvalue weighted by atomic mass is 16.5. The van der Waals surface area contributed by atoms with Crippen molar-refractivity contribution in [2.24, 2.45) is 0 Å². The second-order valence-corrected chi connectivity index (χ2v) is 6.52. The molecule has 0 amide bonds. The Bertz CT molecular complexity index is 909. The maximum Gasteiger partial charge on any atom is 0.257 e. The molecule has 1 aliphatic rings. The highest BCUT2D eigenvalue weighted by Gasteiger charge is 2.53. The van der Waals surface area contributed by atoms with Crippen molar-refractivity contribution >= 4 is 0 Å². The maximum absolute atomic E-state index is 12.3. The van der Waals surface area contributed by atoms with Crippen molar-refractivity contribution in [1.29, 1.82) is 5.26 Å². The lowest BCUT2D eigenvalue weighted by Gasteiger charge is -2.49. The standard InChI is InChI=1S/C17H17N3O4/c1-16(2)17(3,23)15(20-9-19-13(21)7-14(20)22)11-6-10(8-18)4-5-12(11)24-16/h4-7,9,15,21,23H,1-3H3. The maximum atomic E-state index is 12.3. The van der Waals surface area contributed by atoms with Crippen LogP contribution in [-0.4, -0.2) is 31.0 Å². The third-order valence-corrected chi connectivity index (χ3v) is 4.65. The van der Waals surface area contributed by atoms with Crippen LogP contribution in [0.25, 0.3) is 0 Å². The molecule has 0 spiro atoms. The van der Waals surface area contributed by atoms with E-state index in [2.05, 4.69) is 4.98 Å². The highest BCUT2D eigenvalue weighted by molar-refractivity contribution is 5.47. The largest absolute Gasteiger partial charge is 0.493 e. The molecule has 0 saturated heterocycles. The molecule has 7 nitrogen and oxygen atoms in total. The van der Waals surface area contributed by atoms with Crippen LogP contribution in [0.15, 0.2) is 35.4 Å². The minimum Gasteiger partial charge on any atom is -0.493 e. The van der Waals surface area contributed by atoms with Gasteiger partial charge in [-0.25, -0.2) is 4.98 Å². The Balaban J connectivity index is 2.33. The Morgan fingerprint density at radius 1 is 1.33 bits per heavy atom. The van der Waals surface area contributed by atoms with Gasteiger partial charge in [-0.05, 0) is 39.0 Å². The molecule has 1 aromatic heterocycles. The van der Waals surface area contributed by atoms with Crippen LogP contribution in [0.3, 0.4) is 0 Å². The van der Waals surface area contributed by atoms with Gasteiger partial charge in [0.05, 0.1) is 23.7 Å². The van der Waals surface area contributed by atoms with E-state index in [-0.39, 0.29) is 0 Å². The van der Waals surface area contributed by atoms with E-state index in [1.807, 2.05) is 6.07 Å². The van der Waals surface area contributed by atoms with E-state index in [1.165, 1.54) is 10.9 Å². The molecule has 2 N–H and O–H groups in total. The van der Waals surface area contributed by atoms with Crippen molar-refractivity contribution in [3.8, 4) is 17.7 Å². The fourth-order valence-corrected chi connectivity index (χ4v) is 2.95. The Labute approximate surface area is 138 Å². The van der Waals surface area contributed by atoms with Crippen molar-refractivity contribution in [1.82, 2.24) is 9.55 Å². The quantitative estimate of drug-likeness (QED) is 0.818. The normalized spacial score (nSPS) is 24.5. The highest BCUT2D eigenvalue weighted by Crippen LogP contribution is 2.47. The number of rotatable bonds is 1. The lowest BCUT2D eigenvalue weighted by atomic mass is 9.75. The molecule has 2 aromatic rings. The number of fused-ring (bicyclic) bond motifs is 1. The SMILES string of the molecule is CC1(C)Oc2ccc(C#N)cc2C(n2cnc(O)cc2=O)C1(C)O. The van der Waals surface area contributed by atoms with E-state index in [4.69, 9.17) is 10.00 Å². The molecule has 7 heteroatoms. The predicted octanol–water partition coefficient (Wildman–Crippen LogP) is 1.33. The summed E-state index contributed by atoms with van der Waals surface area (Å²) in [5.74, 6) is 0.0868. The molecule has 1 aromatic carbocycles. The Hall–Kier alpha value is -2.85. The summed E-state index contributed by atoms with van der Waals surface area (Å²) in [5, 5.41) is 29.7. The van der Waals surface area contributed by atoms with E-state index in [0.717, 1.165) is 6.07 Å². The first-order valence-corrected chi connectivity index (χ1v) is 7.40. The smallest absolute Gasteiger partial charge is 0.257 e. The Morgan fingerprint density at radius 2 is 2.04 bits per heavy atom. The molecular weight excluding hydrogens is 310 g/mol. The molecule has 0 fully saturated rings. The van der Waals surface area contributed by atoms with Crippen LogP contribution in [0, 0.1) is 11.3 Å². The summed E-state index contributed by atoms with van der Waals surface area (Å²) in [6.07, 6.45) is 1.18. The average molecular weight is 327 g/mol. The van der Waals surface area contributed by atoms with Gasteiger partial charge in [0.2, 0.25) is 5.88 Å². The van der Waals surface area contributed by atoms with Crippen LogP contribution in [0.4, 0.5) is 0 Å². The minimum absolute atomic E-state index is 0.387. The second-order valence-electron chi connectivity index (χ2n) is 6.52. The Morgan fingerprint density at radius 3 is 2.67 bits per heavy atom. The number of ether oxygens (including phenoxy) is 1. The summed E-state index contributed by atoms with van der Waals surface area (Å²) in [5.41, 5.74) is -2.10. The van der Waals surface area contributed by atoms with Gasteiger partial charge in [0.15, 0.2) is 0 Å². The van der Waals surface area contributed by atoms with E-state index in [9.17, 15) is 15.0 Å². The molecule has 2 atom stereocenters. The van der Waals surface area contributed by atoms with Gasteiger partial charge in [-0.1, -0.05) is 0 Å². The van der Waals surface area contributed by atoms with Gasteiger partial charge < -0.3 is 14.9 Å². The van der Waals surface area contributed by atoms with Gasteiger partial charge >= 0.3 is 0 Å². The molecule has 3 rings (SSSR count). The summed E-state index contributed by atoms with van der Waals surface area (Å²) in [7, 11) is 0. The minimum atomic E-state index is -1.48. The van der Waals surface area contributed by atoms with E-state index in [0.29, 0.717) is 16.9 Å². The van der Waals surface area contributed by atoms with Crippen molar-refractivity contribution in [2.45, 2.75) is 38.0 Å². The zero-order chi connectivity index (χ0) is 17.7. The van der Waals surface area contributed by atoms with Crippen LogP contribution >= 0.6 is 0 Å². The summed E-state index contributed by atoms with van der Waals surface area (Å²) in [6, 6.07) is 7.04. The van der Waals surface area contributed by atoms with Crippen molar-refractivity contribution in [3.05, 3.63) is 52.1 Å². The zero-order valence-corrected chi connectivity index (χ0v) is 13.5. The zero-order valence-electron chi connectivity index (χ0n) is 13.5. The van der Waals surface area contributed by atoms with Crippen LogP contribution < -0.4 is 10.3 Å². The fraction of sp³-hybridized carbons (Fsp3) is 0.353. The van der Waals surface area contributed by atoms with Gasteiger partial charge in [-0.15, -0.1) is 0 Å². The molecule has 0 aliphatic carbocycles. The number of nitriles is 1. The predicted molar refractivity (Wildman–Crippen MR) is 84.8 cm³/mol. The van der Waals surface area contributed by atoms with Crippen LogP contribution in [0.1, 0.15) is 37.9 Å². The van der Waals surface area contributed by atoms with E-state index >= 15 is 0 Å². The van der Waals surface area contributed by atoms with Gasteiger partial charge in [0.25, 0.3) is 5.56 Å². The van der Waals surface area contributed by atoms with Gasteiger partial charge in [-0.3, -0.25) is 9.36 Å². The van der Waals surface area contributed by atoms with E-state index < -0.39 is 28.7 Å². The van der Waals surface area contributed by atoms with Crippen molar-refractivity contribution in [2.75, 3.05) is 0 Å². The Kier molecular flexibility index (Phi) is 3.39. The lowest BCUT2D eigenvalue weighted by Crippen LogP contribution is -2.60. The van der Waals surface area contributed by atoms with Crippen LogP contribution in [-0.2, 0) is 0 Å². The number of hydrogen-bond donors (Lipinski definition) is 2. The number of hydrogen-bond acceptors (Lipinski definition) is 6. The summed E-state index contributed by atoms with van der Waals surface area (Å²) in [4.78, 5) is 16.1. The monoisotopic (exact) mass is 327 g/mol. The molecule has 24 heavy (non-hydrogen) atoms. The molecule has 0 bridgehead atoms. The summed E-state index contributed by atoms with van der Waals surface area (Å²) in [6.45, 7) is 5.01. The number of benzene rings is 1. The lowest BCUT2D eigenvalue weighted by molar-refractivity contribution is -0.139. The first-order chi connectivity index (χ1) is 11.2. The summed E-state index contributed by atoms with van der Waals surface area (Å²) >= 11 is 0. The van der Waals surface area contributed by atoms with Crippen LogP contribution in [0.5, 0.6) is 11.6 Å². The number of nitrogens with zero attached hydrogens (tertiary/aromatic N) is 3. The van der Waals surface area contributed by atoms with E-state index in [1.54, 1.807) is 39.0 Å². The second kappa shape index (κ2) is 5.08. The van der Waals surface area contributed by atoms with Gasteiger partial charge in [-0.2, -0.15) is 5.26 Å². The molecule has 2 unspecified atom stereocenters. The fourth-order valence-electron chi connectivity index (χ4n) is 2.95. The van der Waals surface area contributed by atoms with Crippen molar-refractivity contribution in [3.63, 3.8) is 0 Å². The first-order valence-electron chi connectivity index (χ1n) is 7.40. The average Bonchev–Trinajstić information content (AvgIpc) is 2.49. The third-order valence-electron chi connectivity index (χ3n) is 4.65. The van der Waals surface area contributed by atoms with Gasteiger partial charge in [0, 0.05) is 5.56 Å². The number of aliphatic hydroxyl groups is 1. The molecule has 124 valence electrons. The molecule has 1 aliphatic heterocycles. The number of aromatic hydroxyl groups is 1. The molecular formula is C17H17N3O4. The third kappa shape index (κ3) is 2.23. The molecule has 0 radical (unpaired) electrons. The van der Waals surface area contributed by atoms with Crippen molar-refractivity contribution < 1.29 is 14.9 Å². The number of aromatic nitrogens is 2.